The molecule has 0 fully saturated rings. The molecule has 0 amide bonds. The van der Waals surface area contributed by atoms with Crippen molar-refractivity contribution in [2.75, 3.05) is 7.11 Å². The highest BCUT2D eigenvalue weighted by Gasteiger charge is 2.03. The molecule has 0 radical (unpaired) electrons. The van der Waals surface area contributed by atoms with Crippen molar-refractivity contribution < 1.29 is 9.94 Å². The standard InChI is InChI=1S/C10H14N2O2/c1-14-7-9-5-3-2-4-8(9)6-10(11)12-13/h2-5,13H,6-7H2,1H3,(H2,11,12). The van der Waals surface area contributed by atoms with Gasteiger partial charge in [-0.05, 0) is 11.1 Å². The van der Waals surface area contributed by atoms with Gasteiger partial charge in [-0.3, -0.25) is 0 Å². The number of methoxy groups -OCH3 is 1. The van der Waals surface area contributed by atoms with Crippen molar-refractivity contribution in [3.8, 4) is 0 Å². The van der Waals surface area contributed by atoms with Gasteiger partial charge in [0.05, 0.1) is 6.61 Å². The number of hydrogen-bond donors (Lipinski definition) is 2. The molecule has 4 heteroatoms. The molecule has 0 aliphatic carbocycles. The molecule has 0 heterocycles. The summed E-state index contributed by atoms with van der Waals surface area (Å²) in [6.45, 7) is 0.537. The minimum atomic E-state index is 0.202. The van der Waals surface area contributed by atoms with Gasteiger partial charge in [0.25, 0.3) is 0 Å². The highest BCUT2D eigenvalue weighted by Crippen LogP contribution is 2.10. The van der Waals surface area contributed by atoms with E-state index in [-0.39, 0.29) is 5.84 Å². The monoisotopic (exact) mass is 194 g/mol. The van der Waals surface area contributed by atoms with Crippen LogP contribution in [0.3, 0.4) is 0 Å². The first-order chi connectivity index (χ1) is 6.77. The number of benzene rings is 1. The molecule has 0 bridgehead atoms. The number of amidine groups is 1. The van der Waals surface area contributed by atoms with E-state index in [0.29, 0.717) is 13.0 Å². The van der Waals surface area contributed by atoms with E-state index in [9.17, 15) is 0 Å². The summed E-state index contributed by atoms with van der Waals surface area (Å²) in [7, 11) is 1.64. The Bertz CT molecular complexity index is 324. The van der Waals surface area contributed by atoms with E-state index in [4.69, 9.17) is 15.7 Å². The third-order valence-electron chi connectivity index (χ3n) is 1.92. The summed E-state index contributed by atoms with van der Waals surface area (Å²) in [5.74, 6) is 0.202. The molecular formula is C10H14N2O2. The van der Waals surface area contributed by atoms with E-state index < -0.39 is 0 Å². The molecule has 0 aliphatic heterocycles. The molecule has 0 aromatic heterocycles. The normalized spacial score (nSPS) is 11.6. The maximum Gasteiger partial charge on any atom is 0.143 e. The molecular weight excluding hydrogens is 180 g/mol. The number of nitrogens with zero attached hydrogens (tertiary/aromatic N) is 1. The zero-order valence-electron chi connectivity index (χ0n) is 8.10. The van der Waals surface area contributed by atoms with Crippen molar-refractivity contribution in [3.05, 3.63) is 35.4 Å². The molecule has 0 saturated carbocycles. The van der Waals surface area contributed by atoms with Crippen LogP contribution in [0.4, 0.5) is 0 Å². The fourth-order valence-electron chi connectivity index (χ4n) is 1.26. The Morgan fingerprint density at radius 2 is 2.07 bits per heavy atom. The molecule has 76 valence electrons. The van der Waals surface area contributed by atoms with Crippen LogP contribution in [0.25, 0.3) is 0 Å². The van der Waals surface area contributed by atoms with Gasteiger partial charge in [0, 0.05) is 13.5 Å². The molecule has 14 heavy (non-hydrogen) atoms. The molecule has 0 unspecified atom stereocenters. The lowest BCUT2D eigenvalue weighted by molar-refractivity contribution is 0.184. The third-order valence-corrected chi connectivity index (χ3v) is 1.92. The summed E-state index contributed by atoms with van der Waals surface area (Å²) in [6, 6.07) is 7.75. The Kier molecular flexibility index (Phi) is 3.94. The van der Waals surface area contributed by atoms with E-state index in [1.165, 1.54) is 0 Å². The van der Waals surface area contributed by atoms with Crippen LogP contribution in [0.1, 0.15) is 11.1 Å². The van der Waals surface area contributed by atoms with E-state index in [0.717, 1.165) is 11.1 Å². The molecule has 3 N–H and O–H groups in total. The average Bonchev–Trinajstić information content (AvgIpc) is 2.21. The van der Waals surface area contributed by atoms with E-state index in [2.05, 4.69) is 5.16 Å². The molecule has 4 nitrogen and oxygen atoms in total. The second kappa shape index (κ2) is 5.24. The Morgan fingerprint density at radius 1 is 1.43 bits per heavy atom. The highest BCUT2D eigenvalue weighted by molar-refractivity contribution is 5.82. The summed E-state index contributed by atoms with van der Waals surface area (Å²) in [4.78, 5) is 0. The van der Waals surface area contributed by atoms with E-state index in [1.54, 1.807) is 7.11 Å². The summed E-state index contributed by atoms with van der Waals surface area (Å²) in [5.41, 5.74) is 7.50. The summed E-state index contributed by atoms with van der Waals surface area (Å²) >= 11 is 0. The zero-order chi connectivity index (χ0) is 10.4. The second-order valence-corrected chi connectivity index (χ2v) is 2.97. The molecule has 0 saturated heterocycles. The van der Waals surface area contributed by atoms with Crippen LogP contribution >= 0.6 is 0 Å². The lowest BCUT2D eigenvalue weighted by Gasteiger charge is -2.07. The lowest BCUT2D eigenvalue weighted by Crippen LogP contribution is -2.15. The van der Waals surface area contributed by atoms with Crippen LogP contribution in [0.2, 0.25) is 0 Å². The van der Waals surface area contributed by atoms with Gasteiger partial charge in [-0.25, -0.2) is 0 Å². The van der Waals surface area contributed by atoms with Crippen LogP contribution in [0.15, 0.2) is 29.4 Å². The fourth-order valence-corrected chi connectivity index (χ4v) is 1.26. The number of ether oxygens (including phenoxy) is 1. The number of hydrogen-bond acceptors (Lipinski definition) is 3. The Hall–Kier alpha value is -1.55. The third kappa shape index (κ3) is 2.74. The van der Waals surface area contributed by atoms with E-state index >= 15 is 0 Å². The van der Waals surface area contributed by atoms with Gasteiger partial charge in [0.1, 0.15) is 5.84 Å². The first-order valence-corrected chi connectivity index (χ1v) is 4.30. The molecule has 1 aromatic rings. The predicted molar refractivity (Wildman–Crippen MR) is 54.3 cm³/mol. The zero-order valence-corrected chi connectivity index (χ0v) is 8.10. The Morgan fingerprint density at radius 3 is 2.64 bits per heavy atom. The summed E-state index contributed by atoms with van der Waals surface area (Å²) in [6.07, 6.45) is 0.441. The first-order valence-electron chi connectivity index (χ1n) is 4.30. The van der Waals surface area contributed by atoms with E-state index in [1.807, 2.05) is 24.3 Å². The van der Waals surface area contributed by atoms with Crippen molar-refractivity contribution in [3.63, 3.8) is 0 Å². The van der Waals surface area contributed by atoms with Crippen molar-refractivity contribution in [2.45, 2.75) is 13.0 Å². The van der Waals surface area contributed by atoms with Gasteiger partial charge in [-0.15, -0.1) is 0 Å². The van der Waals surface area contributed by atoms with Gasteiger partial charge in [0.2, 0.25) is 0 Å². The van der Waals surface area contributed by atoms with Crippen molar-refractivity contribution in [1.82, 2.24) is 0 Å². The minimum absolute atomic E-state index is 0.202. The van der Waals surface area contributed by atoms with Gasteiger partial charge < -0.3 is 15.7 Å². The summed E-state index contributed by atoms with van der Waals surface area (Å²) in [5, 5.41) is 11.4. The maximum atomic E-state index is 8.45. The van der Waals surface area contributed by atoms with Gasteiger partial charge >= 0.3 is 0 Å². The lowest BCUT2D eigenvalue weighted by atomic mass is 10.1. The molecule has 0 atom stereocenters. The van der Waals surface area contributed by atoms with Crippen molar-refractivity contribution in [1.29, 1.82) is 0 Å². The van der Waals surface area contributed by atoms with Crippen molar-refractivity contribution in [2.24, 2.45) is 10.9 Å². The molecule has 0 aliphatic rings. The van der Waals surface area contributed by atoms with Crippen LogP contribution in [0.5, 0.6) is 0 Å². The highest BCUT2D eigenvalue weighted by atomic mass is 16.5. The second-order valence-electron chi connectivity index (χ2n) is 2.97. The number of nitrogens with two attached hydrogens (primary N) is 1. The van der Waals surface area contributed by atoms with Gasteiger partial charge in [-0.1, -0.05) is 29.4 Å². The Balaban J connectivity index is 2.84. The number of oxime groups is 1. The average molecular weight is 194 g/mol. The SMILES string of the molecule is COCc1ccccc1C/C(N)=N/O. The number of rotatable bonds is 4. The molecule has 1 aromatic carbocycles. The van der Waals surface area contributed by atoms with Gasteiger partial charge in [0.15, 0.2) is 0 Å². The maximum absolute atomic E-state index is 8.45. The van der Waals surface area contributed by atoms with Crippen LogP contribution in [0, 0.1) is 0 Å². The fraction of sp³-hybridized carbons (Fsp3) is 0.300. The molecule has 0 spiro atoms. The van der Waals surface area contributed by atoms with Crippen molar-refractivity contribution >= 4 is 5.84 Å². The molecule has 1 rings (SSSR count). The Labute approximate surface area is 83.0 Å². The quantitative estimate of drug-likeness (QED) is 0.326. The minimum Gasteiger partial charge on any atom is -0.409 e. The predicted octanol–water partition coefficient (Wildman–Crippen LogP) is 1.12. The largest absolute Gasteiger partial charge is 0.409 e. The van der Waals surface area contributed by atoms with Crippen LogP contribution in [-0.4, -0.2) is 18.2 Å². The van der Waals surface area contributed by atoms with Gasteiger partial charge in [-0.2, -0.15) is 0 Å². The van der Waals surface area contributed by atoms with Crippen LogP contribution < -0.4 is 5.73 Å². The topological polar surface area (TPSA) is 67.8 Å². The summed E-state index contributed by atoms with van der Waals surface area (Å²) < 4.78 is 5.04. The van der Waals surface area contributed by atoms with Crippen LogP contribution in [-0.2, 0) is 17.8 Å². The first kappa shape index (κ1) is 10.5. The smallest absolute Gasteiger partial charge is 0.143 e.